The third kappa shape index (κ3) is 3.83. The lowest BCUT2D eigenvalue weighted by molar-refractivity contribution is -0.159. The Balaban J connectivity index is 2.39. The van der Waals surface area contributed by atoms with E-state index < -0.39 is 11.6 Å². The number of hydrogen-bond acceptors (Lipinski definition) is 6. The Kier molecular flexibility index (Phi) is 4.65. The second kappa shape index (κ2) is 5.79. The largest absolute Gasteiger partial charge is 0.467 e. The van der Waals surface area contributed by atoms with Gasteiger partial charge in [0.15, 0.2) is 5.60 Å². The van der Waals surface area contributed by atoms with Crippen LogP contribution >= 0.6 is 0 Å². The molecule has 0 saturated heterocycles. The van der Waals surface area contributed by atoms with Crippen molar-refractivity contribution in [2.75, 3.05) is 13.7 Å². The molecule has 0 saturated carbocycles. The summed E-state index contributed by atoms with van der Waals surface area (Å²) in [6, 6.07) is 0. The first-order valence-corrected chi connectivity index (χ1v) is 5.44. The normalized spacial score (nSPS) is 14.4. The number of hydrogen-bond donors (Lipinski definition) is 2. The Morgan fingerprint density at radius 3 is 2.94 bits per heavy atom. The highest BCUT2D eigenvalue weighted by Gasteiger charge is 2.30. The Morgan fingerprint density at radius 1 is 1.71 bits per heavy atom. The summed E-state index contributed by atoms with van der Waals surface area (Å²) in [5, 5.41) is 12.6. The molecular formula is C11H18N2O4. The van der Waals surface area contributed by atoms with Gasteiger partial charge in [0.25, 0.3) is 0 Å². The molecule has 0 aliphatic heterocycles. The first kappa shape index (κ1) is 13.7. The number of aliphatic hydroxyl groups is 1. The highest BCUT2D eigenvalue weighted by atomic mass is 16.5. The number of nitrogens with one attached hydrogen (secondary N) is 1. The number of oxazole rings is 1. The summed E-state index contributed by atoms with van der Waals surface area (Å²) in [4.78, 5) is 15.2. The Hall–Kier alpha value is -1.40. The summed E-state index contributed by atoms with van der Waals surface area (Å²) in [7, 11) is 1.23. The molecule has 1 unspecified atom stereocenters. The van der Waals surface area contributed by atoms with Crippen molar-refractivity contribution in [1.29, 1.82) is 0 Å². The first-order chi connectivity index (χ1) is 7.99. The molecule has 6 nitrogen and oxygen atoms in total. The van der Waals surface area contributed by atoms with Gasteiger partial charge in [-0.2, -0.15) is 0 Å². The van der Waals surface area contributed by atoms with Gasteiger partial charge in [-0.3, -0.25) is 0 Å². The van der Waals surface area contributed by atoms with Crippen molar-refractivity contribution in [3.05, 3.63) is 17.8 Å². The van der Waals surface area contributed by atoms with Crippen LogP contribution in [0.2, 0.25) is 0 Å². The lowest BCUT2D eigenvalue weighted by Gasteiger charge is -2.19. The zero-order valence-corrected chi connectivity index (χ0v) is 10.3. The average molecular weight is 242 g/mol. The molecule has 0 radical (unpaired) electrons. The topological polar surface area (TPSA) is 84.6 Å². The second-order valence-corrected chi connectivity index (χ2v) is 3.94. The number of carbonyl (C=O) groups is 1. The minimum atomic E-state index is -1.55. The van der Waals surface area contributed by atoms with Crippen molar-refractivity contribution in [3.63, 3.8) is 0 Å². The predicted octanol–water partition coefficient (Wildman–Crippen LogP) is 0.251. The van der Waals surface area contributed by atoms with Crippen LogP contribution in [0.1, 0.15) is 25.5 Å². The van der Waals surface area contributed by atoms with Crippen LogP contribution in [0.3, 0.4) is 0 Å². The summed E-state index contributed by atoms with van der Waals surface area (Å²) in [6.45, 7) is 3.79. The van der Waals surface area contributed by atoms with Gasteiger partial charge in [0, 0.05) is 13.0 Å². The standard InChI is InChI=1S/C11H18N2O4/c1-4-8-5-13-9(17-8)6-12-7-11(2,15)10(14)16-3/h5,12,15H,4,6-7H2,1-3H3. The van der Waals surface area contributed by atoms with Gasteiger partial charge < -0.3 is 19.6 Å². The number of ether oxygens (including phenoxy) is 1. The van der Waals surface area contributed by atoms with Gasteiger partial charge in [-0.25, -0.2) is 9.78 Å². The smallest absolute Gasteiger partial charge is 0.338 e. The summed E-state index contributed by atoms with van der Waals surface area (Å²) in [5.41, 5.74) is -1.55. The van der Waals surface area contributed by atoms with Gasteiger partial charge in [0.1, 0.15) is 5.76 Å². The predicted molar refractivity (Wildman–Crippen MR) is 60.2 cm³/mol. The van der Waals surface area contributed by atoms with Gasteiger partial charge >= 0.3 is 5.97 Å². The molecule has 1 aromatic heterocycles. The maximum absolute atomic E-state index is 11.2. The fourth-order valence-corrected chi connectivity index (χ4v) is 1.30. The van der Waals surface area contributed by atoms with Crippen molar-refractivity contribution in [1.82, 2.24) is 10.3 Å². The van der Waals surface area contributed by atoms with E-state index in [0.717, 1.165) is 12.2 Å². The molecule has 1 aromatic rings. The molecule has 96 valence electrons. The van der Waals surface area contributed by atoms with E-state index in [0.29, 0.717) is 12.4 Å². The molecule has 0 aromatic carbocycles. The van der Waals surface area contributed by atoms with E-state index in [-0.39, 0.29) is 6.54 Å². The minimum Gasteiger partial charge on any atom is -0.467 e. The molecule has 0 bridgehead atoms. The van der Waals surface area contributed by atoms with E-state index in [1.807, 2.05) is 6.92 Å². The SMILES string of the molecule is CCc1cnc(CNCC(C)(O)C(=O)OC)o1. The van der Waals surface area contributed by atoms with E-state index in [1.54, 1.807) is 6.20 Å². The summed E-state index contributed by atoms with van der Waals surface area (Å²) >= 11 is 0. The number of esters is 1. The van der Waals surface area contributed by atoms with Gasteiger partial charge in [-0.05, 0) is 6.92 Å². The van der Waals surface area contributed by atoms with Gasteiger partial charge in [0.2, 0.25) is 5.89 Å². The Morgan fingerprint density at radius 2 is 2.41 bits per heavy atom. The van der Waals surface area contributed by atoms with Crippen LogP contribution in [-0.2, 0) is 22.5 Å². The monoisotopic (exact) mass is 242 g/mol. The summed E-state index contributed by atoms with van der Waals surface area (Å²) < 4.78 is 9.83. The fourth-order valence-electron chi connectivity index (χ4n) is 1.30. The zero-order chi connectivity index (χ0) is 12.9. The minimum absolute atomic E-state index is 0.0729. The van der Waals surface area contributed by atoms with Crippen molar-refractivity contribution in [3.8, 4) is 0 Å². The zero-order valence-electron chi connectivity index (χ0n) is 10.3. The Labute approximate surface area is 100.0 Å². The van der Waals surface area contributed by atoms with Gasteiger partial charge in [-0.15, -0.1) is 0 Å². The van der Waals surface area contributed by atoms with E-state index in [4.69, 9.17) is 4.42 Å². The van der Waals surface area contributed by atoms with Crippen LogP contribution in [0.15, 0.2) is 10.6 Å². The van der Waals surface area contributed by atoms with Gasteiger partial charge in [-0.1, -0.05) is 6.92 Å². The number of aryl methyl sites for hydroxylation is 1. The molecule has 0 aliphatic carbocycles. The van der Waals surface area contributed by atoms with Crippen LogP contribution in [0, 0.1) is 0 Å². The molecule has 0 amide bonds. The highest BCUT2D eigenvalue weighted by Crippen LogP contribution is 2.06. The molecular weight excluding hydrogens is 224 g/mol. The van der Waals surface area contributed by atoms with E-state index in [2.05, 4.69) is 15.0 Å². The van der Waals surface area contributed by atoms with Crippen molar-refractivity contribution >= 4 is 5.97 Å². The third-order valence-electron chi connectivity index (χ3n) is 2.32. The highest BCUT2D eigenvalue weighted by molar-refractivity contribution is 5.78. The van der Waals surface area contributed by atoms with Crippen LogP contribution < -0.4 is 5.32 Å². The third-order valence-corrected chi connectivity index (χ3v) is 2.32. The summed E-state index contributed by atoms with van der Waals surface area (Å²) in [5.74, 6) is 0.663. The van der Waals surface area contributed by atoms with E-state index in [9.17, 15) is 9.90 Å². The molecule has 2 N–H and O–H groups in total. The molecule has 1 atom stereocenters. The maximum Gasteiger partial charge on any atom is 0.338 e. The second-order valence-electron chi connectivity index (χ2n) is 3.94. The number of rotatable bonds is 6. The summed E-state index contributed by atoms with van der Waals surface area (Å²) in [6.07, 6.45) is 2.45. The van der Waals surface area contributed by atoms with Crippen LogP contribution in [0.4, 0.5) is 0 Å². The van der Waals surface area contributed by atoms with E-state index >= 15 is 0 Å². The van der Waals surface area contributed by atoms with Crippen LogP contribution in [0.5, 0.6) is 0 Å². The molecule has 1 rings (SSSR count). The number of nitrogens with zero attached hydrogens (tertiary/aromatic N) is 1. The number of methoxy groups -OCH3 is 1. The van der Waals surface area contributed by atoms with Crippen molar-refractivity contribution < 1.29 is 19.1 Å². The van der Waals surface area contributed by atoms with Gasteiger partial charge in [0.05, 0.1) is 19.9 Å². The number of carbonyl (C=O) groups excluding carboxylic acids is 1. The quantitative estimate of drug-likeness (QED) is 0.696. The average Bonchev–Trinajstić information content (AvgIpc) is 2.75. The number of aromatic nitrogens is 1. The van der Waals surface area contributed by atoms with Crippen molar-refractivity contribution in [2.24, 2.45) is 0 Å². The molecule has 1 heterocycles. The fraction of sp³-hybridized carbons (Fsp3) is 0.636. The maximum atomic E-state index is 11.2. The molecule has 0 fully saturated rings. The van der Waals surface area contributed by atoms with E-state index in [1.165, 1.54) is 14.0 Å². The van der Waals surface area contributed by atoms with Crippen molar-refractivity contribution in [2.45, 2.75) is 32.4 Å². The molecule has 6 heteroatoms. The Bertz CT molecular complexity index is 373. The first-order valence-electron chi connectivity index (χ1n) is 5.44. The lowest BCUT2D eigenvalue weighted by atomic mass is 10.1. The molecule has 17 heavy (non-hydrogen) atoms. The van der Waals surface area contributed by atoms with Crippen LogP contribution in [-0.4, -0.2) is 35.3 Å². The lowest BCUT2D eigenvalue weighted by Crippen LogP contribution is -2.45. The molecule has 0 spiro atoms. The van der Waals surface area contributed by atoms with Crippen LogP contribution in [0.25, 0.3) is 0 Å². The molecule has 0 aliphatic rings.